The van der Waals surface area contributed by atoms with Gasteiger partial charge in [-0.1, -0.05) is 25.1 Å². The van der Waals surface area contributed by atoms with Crippen molar-refractivity contribution in [2.45, 2.75) is 26.4 Å². The van der Waals surface area contributed by atoms with E-state index in [0.29, 0.717) is 0 Å². The molecule has 0 saturated carbocycles. The van der Waals surface area contributed by atoms with Gasteiger partial charge in [-0.25, -0.2) is 0 Å². The van der Waals surface area contributed by atoms with Gasteiger partial charge in [0.2, 0.25) is 0 Å². The van der Waals surface area contributed by atoms with Crippen LogP contribution >= 0.6 is 0 Å². The third-order valence-electron chi connectivity index (χ3n) is 3.06. The molecule has 0 atom stereocenters. The maximum Gasteiger partial charge on any atom is 0.0995 e. The average molecular weight is 253 g/mol. The van der Waals surface area contributed by atoms with Crippen LogP contribution in [0.15, 0.2) is 42.7 Å². The number of benzene rings is 1. The molecule has 2 rings (SSSR count). The zero-order valence-electron chi connectivity index (χ0n) is 11.3. The number of nitrogens with one attached hydrogen (secondary N) is 1. The second-order valence-electron chi connectivity index (χ2n) is 4.64. The fourth-order valence-electron chi connectivity index (χ4n) is 2.07. The van der Waals surface area contributed by atoms with E-state index in [9.17, 15) is 0 Å². The molecule has 1 aromatic carbocycles. The van der Waals surface area contributed by atoms with Crippen molar-refractivity contribution in [2.24, 2.45) is 0 Å². The summed E-state index contributed by atoms with van der Waals surface area (Å²) in [6.45, 7) is 4.86. The lowest BCUT2D eigenvalue weighted by molar-refractivity contribution is 0.673. The SMILES string of the molecule is CCCNCc1ccn(Cc2ccccc2C#N)c1. The van der Waals surface area contributed by atoms with Crippen LogP contribution in [-0.2, 0) is 13.1 Å². The Balaban J connectivity index is 2.02. The molecule has 0 unspecified atom stereocenters. The number of hydrogen-bond acceptors (Lipinski definition) is 2. The number of nitrogens with zero attached hydrogens (tertiary/aromatic N) is 2. The molecule has 0 amide bonds. The Hall–Kier alpha value is -2.05. The smallest absolute Gasteiger partial charge is 0.0995 e. The van der Waals surface area contributed by atoms with E-state index in [2.05, 4.69) is 41.3 Å². The molecule has 0 radical (unpaired) electrons. The highest BCUT2D eigenvalue weighted by molar-refractivity contribution is 5.37. The van der Waals surface area contributed by atoms with Gasteiger partial charge in [-0.15, -0.1) is 0 Å². The van der Waals surface area contributed by atoms with E-state index in [1.54, 1.807) is 0 Å². The second kappa shape index (κ2) is 6.77. The van der Waals surface area contributed by atoms with E-state index >= 15 is 0 Å². The largest absolute Gasteiger partial charge is 0.350 e. The Kier molecular flexibility index (Phi) is 4.77. The highest BCUT2D eigenvalue weighted by Crippen LogP contribution is 2.11. The minimum atomic E-state index is 0.748. The first-order valence-electron chi connectivity index (χ1n) is 6.67. The summed E-state index contributed by atoms with van der Waals surface area (Å²) in [6, 6.07) is 12.1. The predicted molar refractivity (Wildman–Crippen MR) is 76.7 cm³/mol. The van der Waals surface area contributed by atoms with E-state index in [1.807, 2.05) is 24.3 Å². The van der Waals surface area contributed by atoms with Crippen molar-refractivity contribution in [1.82, 2.24) is 9.88 Å². The van der Waals surface area contributed by atoms with Crippen molar-refractivity contribution in [1.29, 1.82) is 5.26 Å². The van der Waals surface area contributed by atoms with Gasteiger partial charge in [-0.3, -0.25) is 0 Å². The van der Waals surface area contributed by atoms with Gasteiger partial charge in [0.25, 0.3) is 0 Å². The van der Waals surface area contributed by atoms with Crippen molar-refractivity contribution in [3.8, 4) is 6.07 Å². The number of aromatic nitrogens is 1. The lowest BCUT2D eigenvalue weighted by atomic mass is 10.1. The van der Waals surface area contributed by atoms with E-state index in [0.717, 1.165) is 37.2 Å². The summed E-state index contributed by atoms with van der Waals surface area (Å²) < 4.78 is 2.12. The topological polar surface area (TPSA) is 40.8 Å². The summed E-state index contributed by atoms with van der Waals surface area (Å²) in [5, 5.41) is 12.5. The Morgan fingerprint density at radius 1 is 1.26 bits per heavy atom. The van der Waals surface area contributed by atoms with E-state index in [1.165, 1.54) is 5.56 Å². The fourth-order valence-corrected chi connectivity index (χ4v) is 2.07. The van der Waals surface area contributed by atoms with Crippen LogP contribution in [0.5, 0.6) is 0 Å². The van der Waals surface area contributed by atoms with Crippen LogP contribution in [0.4, 0.5) is 0 Å². The first-order valence-corrected chi connectivity index (χ1v) is 6.67. The van der Waals surface area contributed by atoms with Crippen LogP contribution in [0.2, 0.25) is 0 Å². The van der Waals surface area contributed by atoms with Gasteiger partial charge in [0.05, 0.1) is 11.6 Å². The Morgan fingerprint density at radius 3 is 2.89 bits per heavy atom. The molecule has 0 saturated heterocycles. The lowest BCUT2D eigenvalue weighted by Crippen LogP contribution is -2.13. The molecule has 3 nitrogen and oxygen atoms in total. The number of rotatable bonds is 6. The van der Waals surface area contributed by atoms with Gasteiger partial charge in [0, 0.05) is 25.5 Å². The van der Waals surface area contributed by atoms with Crippen molar-refractivity contribution in [3.63, 3.8) is 0 Å². The molecule has 2 aromatic rings. The van der Waals surface area contributed by atoms with Crippen LogP contribution in [0.3, 0.4) is 0 Å². The summed E-state index contributed by atoms with van der Waals surface area (Å²) in [5.74, 6) is 0. The van der Waals surface area contributed by atoms with Gasteiger partial charge in [-0.05, 0) is 36.2 Å². The summed E-state index contributed by atoms with van der Waals surface area (Å²) in [6.07, 6.45) is 5.35. The second-order valence-corrected chi connectivity index (χ2v) is 4.64. The molecule has 19 heavy (non-hydrogen) atoms. The maximum atomic E-state index is 9.08. The highest BCUT2D eigenvalue weighted by Gasteiger charge is 2.02. The van der Waals surface area contributed by atoms with Crippen molar-refractivity contribution < 1.29 is 0 Å². The minimum absolute atomic E-state index is 0.748. The maximum absolute atomic E-state index is 9.08. The molecule has 0 bridgehead atoms. The fraction of sp³-hybridized carbons (Fsp3) is 0.312. The van der Waals surface area contributed by atoms with Crippen molar-refractivity contribution in [2.75, 3.05) is 6.54 Å². The average Bonchev–Trinajstić information content (AvgIpc) is 2.87. The molecule has 0 aliphatic carbocycles. The molecular formula is C16H19N3. The summed E-state index contributed by atoms with van der Waals surface area (Å²) >= 11 is 0. The van der Waals surface area contributed by atoms with Crippen LogP contribution in [-0.4, -0.2) is 11.1 Å². The van der Waals surface area contributed by atoms with Crippen molar-refractivity contribution in [3.05, 3.63) is 59.4 Å². The summed E-state index contributed by atoms with van der Waals surface area (Å²) in [4.78, 5) is 0. The number of hydrogen-bond donors (Lipinski definition) is 1. The Morgan fingerprint density at radius 2 is 2.11 bits per heavy atom. The van der Waals surface area contributed by atoms with Gasteiger partial charge >= 0.3 is 0 Å². The summed E-state index contributed by atoms with van der Waals surface area (Å²) in [7, 11) is 0. The van der Waals surface area contributed by atoms with Crippen molar-refractivity contribution >= 4 is 0 Å². The molecule has 3 heteroatoms. The van der Waals surface area contributed by atoms with Crippen LogP contribution in [0.1, 0.15) is 30.0 Å². The molecule has 1 N–H and O–H groups in total. The molecule has 1 aromatic heterocycles. The van der Waals surface area contributed by atoms with E-state index in [4.69, 9.17) is 5.26 Å². The summed E-state index contributed by atoms with van der Waals surface area (Å²) in [5.41, 5.74) is 3.10. The third-order valence-corrected chi connectivity index (χ3v) is 3.06. The highest BCUT2D eigenvalue weighted by atomic mass is 14.9. The van der Waals surface area contributed by atoms with Gasteiger partial charge in [0.1, 0.15) is 0 Å². The molecule has 0 spiro atoms. The first kappa shape index (κ1) is 13.4. The van der Waals surface area contributed by atoms with E-state index < -0.39 is 0 Å². The van der Waals surface area contributed by atoms with Gasteiger partial charge in [-0.2, -0.15) is 5.26 Å². The standard InChI is InChI=1S/C16H19N3/c1-2-8-18-11-14-7-9-19(12-14)13-16-6-4-3-5-15(16)10-17/h3-7,9,12,18H,2,8,11,13H2,1H3. The zero-order valence-corrected chi connectivity index (χ0v) is 11.3. The van der Waals surface area contributed by atoms with Crippen LogP contribution in [0.25, 0.3) is 0 Å². The molecular weight excluding hydrogens is 234 g/mol. The first-order chi connectivity index (χ1) is 9.33. The molecule has 1 heterocycles. The molecule has 0 aliphatic heterocycles. The van der Waals surface area contributed by atoms with Gasteiger partial charge < -0.3 is 9.88 Å². The van der Waals surface area contributed by atoms with E-state index in [-0.39, 0.29) is 0 Å². The monoisotopic (exact) mass is 253 g/mol. The predicted octanol–water partition coefficient (Wildman–Crippen LogP) is 2.91. The number of nitriles is 1. The quantitative estimate of drug-likeness (QED) is 0.804. The molecule has 0 aliphatic rings. The van der Waals surface area contributed by atoms with Gasteiger partial charge in [0.15, 0.2) is 0 Å². The van der Waals surface area contributed by atoms with Crippen LogP contribution < -0.4 is 5.32 Å². The zero-order chi connectivity index (χ0) is 13.5. The molecule has 98 valence electrons. The normalized spacial score (nSPS) is 10.3. The molecule has 0 fully saturated rings. The third kappa shape index (κ3) is 3.70. The minimum Gasteiger partial charge on any atom is -0.350 e. The Bertz CT molecular complexity index is 563. The Labute approximate surface area is 114 Å². The lowest BCUT2D eigenvalue weighted by Gasteiger charge is -2.05. The van der Waals surface area contributed by atoms with Crippen LogP contribution in [0, 0.1) is 11.3 Å².